The van der Waals surface area contributed by atoms with Crippen molar-refractivity contribution in [2.75, 3.05) is 0 Å². The fraction of sp³-hybridized carbons (Fsp3) is 1.00. The zero-order valence-corrected chi connectivity index (χ0v) is 7.01. The highest BCUT2D eigenvalue weighted by molar-refractivity contribution is 4.69. The molecule has 2 atom stereocenters. The highest BCUT2D eigenvalue weighted by Gasteiger charge is 2.10. The SMILES string of the molecule is CCCC[C@H](O)[C@H](N)CC. The Balaban J connectivity index is 3.31. The van der Waals surface area contributed by atoms with Crippen LogP contribution < -0.4 is 5.73 Å². The third-order valence-electron chi connectivity index (χ3n) is 1.82. The minimum Gasteiger partial charge on any atom is -0.392 e. The average Bonchev–Trinajstić information content (AvgIpc) is 1.98. The Hall–Kier alpha value is -0.0800. The minimum atomic E-state index is -0.287. The molecule has 0 heterocycles. The molecule has 0 unspecified atom stereocenters. The molecule has 0 aliphatic carbocycles. The van der Waals surface area contributed by atoms with E-state index in [1.165, 1.54) is 0 Å². The predicted octanol–water partition coefficient (Wildman–Crippen LogP) is 1.27. The standard InChI is InChI=1S/C8H19NO/c1-3-5-6-8(10)7(9)4-2/h7-8,10H,3-6,9H2,1-2H3/t7-,8+/m1/s1. The van der Waals surface area contributed by atoms with Gasteiger partial charge in [-0.1, -0.05) is 26.7 Å². The van der Waals surface area contributed by atoms with Crippen LogP contribution in [-0.4, -0.2) is 17.3 Å². The first-order chi connectivity index (χ1) is 4.72. The van der Waals surface area contributed by atoms with E-state index in [0.717, 1.165) is 25.7 Å². The number of hydrogen-bond donors (Lipinski definition) is 2. The molecule has 10 heavy (non-hydrogen) atoms. The third kappa shape index (κ3) is 3.85. The van der Waals surface area contributed by atoms with E-state index in [0.29, 0.717) is 0 Å². The first-order valence-electron chi connectivity index (χ1n) is 4.16. The van der Waals surface area contributed by atoms with Crippen molar-refractivity contribution < 1.29 is 5.11 Å². The molecular formula is C8H19NO. The second kappa shape index (κ2) is 5.69. The molecule has 0 aliphatic heterocycles. The molecule has 0 saturated heterocycles. The van der Waals surface area contributed by atoms with Crippen LogP contribution in [0.1, 0.15) is 39.5 Å². The highest BCUT2D eigenvalue weighted by atomic mass is 16.3. The molecule has 0 amide bonds. The van der Waals surface area contributed by atoms with Gasteiger partial charge in [0, 0.05) is 6.04 Å². The van der Waals surface area contributed by atoms with Gasteiger partial charge in [-0.2, -0.15) is 0 Å². The van der Waals surface area contributed by atoms with Crippen molar-refractivity contribution in [3.8, 4) is 0 Å². The van der Waals surface area contributed by atoms with E-state index in [2.05, 4.69) is 6.92 Å². The molecule has 0 spiro atoms. The monoisotopic (exact) mass is 145 g/mol. The fourth-order valence-corrected chi connectivity index (χ4v) is 0.899. The van der Waals surface area contributed by atoms with Crippen molar-refractivity contribution in [3.05, 3.63) is 0 Å². The third-order valence-corrected chi connectivity index (χ3v) is 1.82. The smallest absolute Gasteiger partial charge is 0.0691 e. The molecule has 3 N–H and O–H groups in total. The number of nitrogens with two attached hydrogens (primary N) is 1. The molecule has 0 fully saturated rings. The van der Waals surface area contributed by atoms with E-state index >= 15 is 0 Å². The molecule has 0 bridgehead atoms. The van der Waals surface area contributed by atoms with Crippen molar-refractivity contribution in [1.82, 2.24) is 0 Å². The fourth-order valence-electron chi connectivity index (χ4n) is 0.899. The summed E-state index contributed by atoms with van der Waals surface area (Å²) >= 11 is 0. The van der Waals surface area contributed by atoms with E-state index in [-0.39, 0.29) is 12.1 Å². The molecule has 2 nitrogen and oxygen atoms in total. The Kier molecular flexibility index (Phi) is 5.64. The van der Waals surface area contributed by atoms with E-state index in [9.17, 15) is 5.11 Å². The van der Waals surface area contributed by atoms with Gasteiger partial charge in [-0.05, 0) is 12.8 Å². The number of hydrogen-bond acceptors (Lipinski definition) is 2. The van der Waals surface area contributed by atoms with Crippen molar-refractivity contribution in [2.45, 2.75) is 51.7 Å². The van der Waals surface area contributed by atoms with Crippen LogP contribution in [0.2, 0.25) is 0 Å². The Morgan fingerprint density at radius 1 is 1.40 bits per heavy atom. The van der Waals surface area contributed by atoms with Crippen LogP contribution in [-0.2, 0) is 0 Å². The molecule has 0 aromatic carbocycles. The first-order valence-corrected chi connectivity index (χ1v) is 4.16. The Bertz CT molecular complexity index is 75.7. The predicted molar refractivity (Wildman–Crippen MR) is 43.8 cm³/mol. The summed E-state index contributed by atoms with van der Waals surface area (Å²) in [5.41, 5.74) is 5.61. The van der Waals surface area contributed by atoms with Gasteiger partial charge in [-0.3, -0.25) is 0 Å². The van der Waals surface area contributed by atoms with Crippen LogP contribution in [0.5, 0.6) is 0 Å². The zero-order valence-electron chi connectivity index (χ0n) is 7.01. The molecule has 0 aromatic rings. The number of unbranched alkanes of at least 4 members (excludes halogenated alkanes) is 1. The van der Waals surface area contributed by atoms with Gasteiger partial charge in [0.2, 0.25) is 0 Å². The maximum absolute atomic E-state index is 9.32. The zero-order chi connectivity index (χ0) is 7.98. The lowest BCUT2D eigenvalue weighted by Crippen LogP contribution is -2.33. The van der Waals surface area contributed by atoms with Crippen molar-refractivity contribution in [2.24, 2.45) is 5.73 Å². The van der Waals surface area contributed by atoms with Gasteiger partial charge in [0.25, 0.3) is 0 Å². The van der Waals surface area contributed by atoms with E-state index in [1.807, 2.05) is 6.92 Å². The maximum Gasteiger partial charge on any atom is 0.0691 e. The summed E-state index contributed by atoms with van der Waals surface area (Å²) < 4.78 is 0. The maximum atomic E-state index is 9.32. The Morgan fingerprint density at radius 3 is 2.40 bits per heavy atom. The molecule has 0 aliphatic rings. The molecule has 0 aromatic heterocycles. The van der Waals surface area contributed by atoms with Gasteiger partial charge >= 0.3 is 0 Å². The van der Waals surface area contributed by atoms with E-state index in [1.54, 1.807) is 0 Å². The molecule has 62 valence electrons. The topological polar surface area (TPSA) is 46.2 Å². The average molecular weight is 145 g/mol. The van der Waals surface area contributed by atoms with Crippen LogP contribution in [0.4, 0.5) is 0 Å². The van der Waals surface area contributed by atoms with Crippen LogP contribution in [0.15, 0.2) is 0 Å². The summed E-state index contributed by atoms with van der Waals surface area (Å²) in [6.45, 7) is 4.12. The molecule has 0 radical (unpaired) electrons. The summed E-state index contributed by atoms with van der Waals surface area (Å²) in [6, 6.07) is -0.0217. The van der Waals surface area contributed by atoms with Crippen molar-refractivity contribution >= 4 is 0 Å². The van der Waals surface area contributed by atoms with Crippen molar-refractivity contribution in [1.29, 1.82) is 0 Å². The van der Waals surface area contributed by atoms with Crippen LogP contribution in [0.25, 0.3) is 0 Å². The summed E-state index contributed by atoms with van der Waals surface area (Å²) in [5, 5.41) is 9.32. The minimum absolute atomic E-state index is 0.0217. The van der Waals surface area contributed by atoms with Gasteiger partial charge < -0.3 is 10.8 Å². The lowest BCUT2D eigenvalue weighted by molar-refractivity contribution is 0.130. The number of aliphatic hydroxyl groups excluding tert-OH is 1. The Labute approximate surface area is 63.4 Å². The molecule has 0 saturated carbocycles. The quantitative estimate of drug-likeness (QED) is 0.612. The van der Waals surface area contributed by atoms with Gasteiger partial charge in [-0.25, -0.2) is 0 Å². The number of rotatable bonds is 5. The van der Waals surface area contributed by atoms with Crippen LogP contribution in [0.3, 0.4) is 0 Å². The van der Waals surface area contributed by atoms with Gasteiger partial charge in [0.15, 0.2) is 0 Å². The van der Waals surface area contributed by atoms with Gasteiger partial charge in [0.05, 0.1) is 6.10 Å². The summed E-state index contributed by atoms with van der Waals surface area (Å²) in [7, 11) is 0. The van der Waals surface area contributed by atoms with Gasteiger partial charge in [-0.15, -0.1) is 0 Å². The Morgan fingerprint density at radius 2 is 2.00 bits per heavy atom. The van der Waals surface area contributed by atoms with E-state index in [4.69, 9.17) is 5.73 Å². The normalized spacial score (nSPS) is 16.8. The first kappa shape index (κ1) is 9.92. The van der Waals surface area contributed by atoms with Crippen LogP contribution in [0, 0.1) is 0 Å². The van der Waals surface area contributed by atoms with E-state index < -0.39 is 0 Å². The largest absolute Gasteiger partial charge is 0.392 e. The molecule has 2 heteroatoms. The lowest BCUT2D eigenvalue weighted by Gasteiger charge is -2.15. The second-order valence-corrected chi connectivity index (χ2v) is 2.78. The summed E-state index contributed by atoms with van der Waals surface area (Å²) in [6.07, 6.45) is 3.64. The number of aliphatic hydroxyl groups is 1. The van der Waals surface area contributed by atoms with Gasteiger partial charge in [0.1, 0.15) is 0 Å². The van der Waals surface area contributed by atoms with Crippen molar-refractivity contribution in [3.63, 3.8) is 0 Å². The summed E-state index contributed by atoms with van der Waals surface area (Å²) in [4.78, 5) is 0. The molecule has 0 rings (SSSR count). The van der Waals surface area contributed by atoms with Crippen LogP contribution >= 0.6 is 0 Å². The summed E-state index contributed by atoms with van der Waals surface area (Å²) in [5.74, 6) is 0. The highest BCUT2D eigenvalue weighted by Crippen LogP contribution is 2.04. The lowest BCUT2D eigenvalue weighted by atomic mass is 10.0. The molecular weight excluding hydrogens is 126 g/mol. The second-order valence-electron chi connectivity index (χ2n) is 2.78.